The molecule has 0 radical (unpaired) electrons. The Balaban J connectivity index is 1.71. The number of carbonyl (C=O) groups excluding carboxylic acids is 1. The second-order valence-corrected chi connectivity index (χ2v) is 7.22. The van der Waals surface area contributed by atoms with Crippen LogP contribution in [-0.2, 0) is 0 Å². The van der Waals surface area contributed by atoms with Crippen molar-refractivity contribution in [3.05, 3.63) is 58.2 Å². The van der Waals surface area contributed by atoms with Gasteiger partial charge in [0, 0.05) is 15.6 Å². The average molecular weight is 499 g/mol. The van der Waals surface area contributed by atoms with Crippen molar-refractivity contribution in [3.8, 4) is 28.6 Å². The first kappa shape index (κ1) is 21.0. The molecule has 0 spiro atoms. The molecular weight excluding hydrogens is 484 g/mol. The summed E-state index contributed by atoms with van der Waals surface area (Å²) in [5, 5.41) is 29.0. The van der Waals surface area contributed by atoms with E-state index in [1.807, 2.05) is 0 Å². The van der Waals surface area contributed by atoms with Crippen molar-refractivity contribution in [2.75, 3.05) is 12.8 Å². The summed E-state index contributed by atoms with van der Waals surface area (Å²) >= 11 is 3.31. The predicted octanol–water partition coefficient (Wildman–Crippen LogP) is 2.14. The zero-order valence-electron chi connectivity index (χ0n) is 16.4. The Morgan fingerprint density at radius 1 is 1.31 bits per heavy atom. The van der Waals surface area contributed by atoms with Crippen molar-refractivity contribution in [1.29, 1.82) is 0 Å². The number of nitrogen functional groups attached to an aromatic ring is 1. The quantitative estimate of drug-likeness (QED) is 0.266. The smallest absolute Gasteiger partial charge is 0.294 e. The van der Waals surface area contributed by atoms with Gasteiger partial charge in [-0.25, -0.2) is 10.1 Å². The maximum Gasteiger partial charge on any atom is 0.294 e. The van der Waals surface area contributed by atoms with Gasteiger partial charge in [0.15, 0.2) is 5.69 Å². The molecule has 0 saturated carbocycles. The number of hydrogen-bond donors (Lipinski definition) is 3. The number of hydrazone groups is 1. The fourth-order valence-corrected chi connectivity index (χ4v) is 3.17. The van der Waals surface area contributed by atoms with Crippen LogP contribution in [0.25, 0.3) is 17.1 Å². The molecular formula is C19H15BrN8O4. The lowest BCUT2D eigenvalue weighted by molar-refractivity contribution is 0.0950. The molecule has 0 aliphatic rings. The maximum atomic E-state index is 12.9. The summed E-state index contributed by atoms with van der Waals surface area (Å²) in [4.78, 5) is 12.9. The highest BCUT2D eigenvalue weighted by atomic mass is 79.9. The van der Waals surface area contributed by atoms with Crippen LogP contribution in [0.3, 0.4) is 0 Å². The van der Waals surface area contributed by atoms with Gasteiger partial charge in [0.05, 0.1) is 13.3 Å². The Kier molecular flexibility index (Phi) is 5.81. The minimum absolute atomic E-state index is 0.00298. The highest BCUT2D eigenvalue weighted by Crippen LogP contribution is 2.29. The molecule has 0 saturated heterocycles. The maximum absolute atomic E-state index is 12.9. The number of aromatic nitrogens is 5. The van der Waals surface area contributed by atoms with Crippen molar-refractivity contribution >= 4 is 33.9 Å². The summed E-state index contributed by atoms with van der Waals surface area (Å²) in [6.45, 7) is 0. The fourth-order valence-electron chi connectivity index (χ4n) is 2.79. The number of anilines is 1. The second kappa shape index (κ2) is 8.85. The normalized spacial score (nSPS) is 11.1. The molecule has 2 aromatic heterocycles. The third-order valence-electron chi connectivity index (χ3n) is 4.28. The van der Waals surface area contributed by atoms with Crippen LogP contribution in [-0.4, -0.2) is 49.6 Å². The first-order valence-corrected chi connectivity index (χ1v) is 9.77. The first-order valence-electron chi connectivity index (χ1n) is 8.98. The van der Waals surface area contributed by atoms with Gasteiger partial charge in [-0.15, -0.1) is 5.10 Å². The largest absolute Gasteiger partial charge is 0.507 e. The lowest BCUT2D eigenvalue weighted by Crippen LogP contribution is -2.19. The first-order chi connectivity index (χ1) is 15.5. The second-order valence-electron chi connectivity index (χ2n) is 6.31. The van der Waals surface area contributed by atoms with E-state index < -0.39 is 5.91 Å². The highest BCUT2D eigenvalue weighted by Gasteiger charge is 2.25. The average Bonchev–Trinajstić information content (AvgIpc) is 3.42. The number of ether oxygens (including phenoxy) is 1. The highest BCUT2D eigenvalue weighted by molar-refractivity contribution is 9.10. The van der Waals surface area contributed by atoms with Crippen LogP contribution in [0, 0.1) is 0 Å². The van der Waals surface area contributed by atoms with Crippen LogP contribution >= 0.6 is 15.9 Å². The van der Waals surface area contributed by atoms with E-state index in [2.05, 4.69) is 51.7 Å². The van der Waals surface area contributed by atoms with E-state index in [1.54, 1.807) is 36.4 Å². The molecule has 4 N–H and O–H groups in total. The number of amides is 1. The standard InChI is InChI=1S/C19H15BrN8O4/c1-31-13-4-2-3-10(8-13)16-15(23-27-28(16)18-17(21)25-32-26-18)19(30)24-22-9-11-7-12(20)5-6-14(11)29/h2-9,29H,1H3,(H2,21,25)(H,24,30). The molecule has 0 atom stereocenters. The molecule has 4 rings (SSSR count). The van der Waals surface area contributed by atoms with Crippen LogP contribution in [0.4, 0.5) is 5.82 Å². The van der Waals surface area contributed by atoms with E-state index in [0.717, 1.165) is 4.47 Å². The van der Waals surface area contributed by atoms with Crippen LogP contribution in [0.1, 0.15) is 16.1 Å². The van der Waals surface area contributed by atoms with Crippen molar-refractivity contribution in [3.63, 3.8) is 0 Å². The molecule has 4 aromatic rings. The number of aromatic hydroxyl groups is 1. The van der Waals surface area contributed by atoms with Crippen molar-refractivity contribution in [2.24, 2.45) is 5.10 Å². The van der Waals surface area contributed by atoms with Crippen LogP contribution in [0.5, 0.6) is 11.5 Å². The van der Waals surface area contributed by atoms with Crippen LogP contribution in [0.2, 0.25) is 0 Å². The van der Waals surface area contributed by atoms with Gasteiger partial charge in [0.1, 0.15) is 17.2 Å². The number of carbonyl (C=O) groups is 1. The minimum Gasteiger partial charge on any atom is -0.507 e. The van der Waals surface area contributed by atoms with Gasteiger partial charge in [-0.2, -0.15) is 9.78 Å². The topological polar surface area (TPSA) is 167 Å². The Labute approximate surface area is 188 Å². The molecule has 0 bridgehead atoms. The van der Waals surface area contributed by atoms with E-state index in [-0.39, 0.29) is 28.8 Å². The van der Waals surface area contributed by atoms with Crippen LogP contribution < -0.4 is 15.9 Å². The minimum atomic E-state index is -0.658. The third-order valence-corrected chi connectivity index (χ3v) is 4.78. The molecule has 0 aliphatic heterocycles. The summed E-state index contributed by atoms with van der Waals surface area (Å²) < 4.78 is 11.9. The Morgan fingerprint density at radius 3 is 2.91 bits per heavy atom. The van der Waals surface area contributed by atoms with Gasteiger partial charge in [-0.1, -0.05) is 33.3 Å². The number of nitrogens with one attached hydrogen (secondary N) is 1. The molecule has 2 heterocycles. The van der Waals surface area contributed by atoms with Gasteiger partial charge in [0.2, 0.25) is 11.6 Å². The van der Waals surface area contributed by atoms with E-state index in [1.165, 1.54) is 24.1 Å². The third kappa shape index (κ3) is 4.13. The lowest BCUT2D eigenvalue weighted by Gasteiger charge is -2.07. The van der Waals surface area contributed by atoms with E-state index in [4.69, 9.17) is 10.5 Å². The van der Waals surface area contributed by atoms with Crippen LogP contribution in [0.15, 0.2) is 56.7 Å². The van der Waals surface area contributed by atoms with E-state index >= 15 is 0 Å². The number of phenols is 1. The Morgan fingerprint density at radius 2 is 2.16 bits per heavy atom. The molecule has 12 nitrogen and oxygen atoms in total. The summed E-state index contributed by atoms with van der Waals surface area (Å²) in [7, 11) is 1.52. The molecule has 0 unspecified atom stereocenters. The molecule has 0 fully saturated rings. The van der Waals surface area contributed by atoms with Crippen molar-refractivity contribution < 1.29 is 19.3 Å². The zero-order valence-corrected chi connectivity index (χ0v) is 18.0. The Bertz CT molecular complexity index is 1320. The van der Waals surface area contributed by atoms with E-state index in [0.29, 0.717) is 16.9 Å². The monoisotopic (exact) mass is 498 g/mol. The molecule has 13 heteroatoms. The summed E-state index contributed by atoms with van der Waals surface area (Å²) in [5.74, 6) is -0.0693. The predicted molar refractivity (Wildman–Crippen MR) is 116 cm³/mol. The van der Waals surface area contributed by atoms with Crippen molar-refractivity contribution in [2.45, 2.75) is 0 Å². The zero-order chi connectivity index (χ0) is 22.7. The molecule has 162 valence electrons. The molecule has 32 heavy (non-hydrogen) atoms. The number of rotatable bonds is 6. The number of halogens is 1. The molecule has 2 aromatic carbocycles. The molecule has 0 aliphatic carbocycles. The van der Waals surface area contributed by atoms with Gasteiger partial charge in [-0.05, 0) is 40.6 Å². The van der Waals surface area contributed by atoms with Gasteiger partial charge in [-0.3, -0.25) is 4.79 Å². The molecule has 1 amide bonds. The van der Waals surface area contributed by atoms with Gasteiger partial charge < -0.3 is 15.6 Å². The van der Waals surface area contributed by atoms with E-state index in [9.17, 15) is 9.90 Å². The number of nitrogens with two attached hydrogens (primary N) is 1. The summed E-state index contributed by atoms with van der Waals surface area (Å²) in [6.07, 6.45) is 1.30. The Hall–Kier alpha value is -4.26. The van der Waals surface area contributed by atoms with Gasteiger partial charge in [0.25, 0.3) is 5.91 Å². The van der Waals surface area contributed by atoms with Crippen molar-refractivity contribution in [1.82, 2.24) is 30.7 Å². The number of nitrogens with zero attached hydrogens (tertiary/aromatic N) is 6. The SMILES string of the molecule is COc1cccc(-c2c(C(=O)NN=Cc3cc(Br)ccc3O)nnn2-c2nonc2N)c1. The number of methoxy groups -OCH3 is 1. The number of hydrogen-bond acceptors (Lipinski definition) is 10. The lowest BCUT2D eigenvalue weighted by atomic mass is 10.1. The summed E-state index contributed by atoms with van der Waals surface area (Å²) in [6, 6.07) is 11.7. The summed E-state index contributed by atoms with van der Waals surface area (Å²) in [5.41, 5.74) is 9.33. The fraction of sp³-hybridized carbons (Fsp3) is 0.0526. The number of phenolic OH excluding ortho intramolecular Hbond substituents is 1. The number of benzene rings is 2. The van der Waals surface area contributed by atoms with Gasteiger partial charge >= 0.3 is 0 Å².